The van der Waals surface area contributed by atoms with E-state index in [1.165, 1.54) is 18.4 Å². The largest absolute Gasteiger partial charge is 0.394 e. The van der Waals surface area contributed by atoms with E-state index in [-0.39, 0.29) is 24.7 Å². The molecule has 5 nitrogen and oxygen atoms in total. The Morgan fingerprint density at radius 2 is 2.08 bits per heavy atom. The predicted molar refractivity (Wildman–Crippen MR) is 99.2 cm³/mol. The molecule has 1 aromatic rings. The Hall–Kier alpha value is -1.59. The molecule has 1 aliphatic heterocycles. The third kappa shape index (κ3) is 4.33. The van der Waals surface area contributed by atoms with Gasteiger partial charge in [-0.25, -0.2) is 4.79 Å². The average Bonchev–Trinajstić information content (AvgIpc) is 3.04. The van der Waals surface area contributed by atoms with E-state index in [0.29, 0.717) is 11.8 Å². The van der Waals surface area contributed by atoms with E-state index >= 15 is 0 Å². The maximum atomic E-state index is 12.5. The summed E-state index contributed by atoms with van der Waals surface area (Å²) in [4.78, 5) is 16.6. The molecular formula is C20H31N3O2. The molecule has 1 saturated carbocycles. The van der Waals surface area contributed by atoms with Crippen molar-refractivity contribution in [2.24, 2.45) is 11.8 Å². The van der Waals surface area contributed by atoms with Gasteiger partial charge in [0.25, 0.3) is 0 Å². The van der Waals surface area contributed by atoms with Crippen LogP contribution >= 0.6 is 0 Å². The standard InChI is InChI=1S/C20H31N3O2/c1-15(14-24)22(2)20(25)21-19-10-6-9-17-12-23(13-18(17)19)11-16-7-4-3-5-8-16/h3-5,7-8,15,17-19,24H,6,9-14H2,1-2H3,(H,21,25)/t15-,17-,18-,19-/m1/s1. The fraction of sp³-hybridized carbons (Fsp3) is 0.650. The summed E-state index contributed by atoms with van der Waals surface area (Å²) in [5.41, 5.74) is 1.36. The Bertz CT molecular complexity index is 565. The van der Waals surface area contributed by atoms with Crippen molar-refractivity contribution < 1.29 is 9.90 Å². The first-order valence-electron chi connectivity index (χ1n) is 9.49. The summed E-state index contributed by atoms with van der Waals surface area (Å²) in [6.45, 7) is 5.04. The van der Waals surface area contributed by atoms with Gasteiger partial charge in [0.2, 0.25) is 0 Å². The third-order valence-corrected chi connectivity index (χ3v) is 5.98. The van der Waals surface area contributed by atoms with Gasteiger partial charge in [0, 0.05) is 32.7 Å². The maximum Gasteiger partial charge on any atom is 0.317 e. The molecule has 1 saturated heterocycles. The number of aliphatic hydroxyl groups is 1. The number of fused-ring (bicyclic) bond motifs is 1. The number of hydrogen-bond acceptors (Lipinski definition) is 3. The lowest BCUT2D eigenvalue weighted by atomic mass is 9.78. The molecule has 3 rings (SSSR count). The fourth-order valence-electron chi connectivity index (χ4n) is 4.30. The summed E-state index contributed by atoms with van der Waals surface area (Å²) in [5, 5.41) is 12.5. The summed E-state index contributed by atoms with van der Waals surface area (Å²) in [6, 6.07) is 10.7. The Labute approximate surface area is 151 Å². The molecule has 0 aromatic heterocycles. The molecule has 5 heteroatoms. The van der Waals surface area contributed by atoms with Crippen molar-refractivity contribution in [3.05, 3.63) is 35.9 Å². The van der Waals surface area contributed by atoms with Crippen molar-refractivity contribution >= 4 is 6.03 Å². The van der Waals surface area contributed by atoms with Gasteiger partial charge >= 0.3 is 6.03 Å². The summed E-state index contributed by atoms with van der Waals surface area (Å²) < 4.78 is 0. The molecule has 2 aliphatic rings. The normalized spacial score (nSPS) is 27.6. The molecular weight excluding hydrogens is 314 g/mol. The molecule has 0 radical (unpaired) electrons. The van der Waals surface area contributed by atoms with E-state index in [4.69, 9.17) is 0 Å². The van der Waals surface area contributed by atoms with Crippen LogP contribution in [0.5, 0.6) is 0 Å². The minimum atomic E-state index is -0.155. The molecule has 1 aromatic carbocycles. The van der Waals surface area contributed by atoms with E-state index in [1.807, 2.05) is 6.92 Å². The van der Waals surface area contributed by atoms with Crippen LogP contribution in [0.1, 0.15) is 31.7 Å². The second-order valence-electron chi connectivity index (χ2n) is 7.73. The lowest BCUT2D eigenvalue weighted by Crippen LogP contribution is -2.51. The van der Waals surface area contributed by atoms with Gasteiger partial charge in [0.15, 0.2) is 0 Å². The van der Waals surface area contributed by atoms with Gasteiger partial charge in [-0.2, -0.15) is 0 Å². The van der Waals surface area contributed by atoms with Gasteiger partial charge in [-0.1, -0.05) is 36.8 Å². The highest BCUT2D eigenvalue weighted by Gasteiger charge is 2.41. The van der Waals surface area contributed by atoms with Gasteiger partial charge in [-0.05, 0) is 37.2 Å². The summed E-state index contributed by atoms with van der Waals surface area (Å²) in [6.07, 6.45) is 3.52. The fourth-order valence-corrected chi connectivity index (χ4v) is 4.30. The van der Waals surface area contributed by atoms with Crippen LogP contribution in [0.2, 0.25) is 0 Å². The molecule has 0 bridgehead atoms. The first kappa shape index (κ1) is 18.2. The van der Waals surface area contributed by atoms with Crippen LogP contribution in [-0.2, 0) is 6.54 Å². The number of benzene rings is 1. The lowest BCUT2D eigenvalue weighted by Gasteiger charge is -2.35. The Morgan fingerprint density at radius 3 is 2.80 bits per heavy atom. The number of nitrogens with zero attached hydrogens (tertiary/aromatic N) is 2. The number of carbonyl (C=O) groups is 1. The third-order valence-electron chi connectivity index (χ3n) is 5.98. The van der Waals surface area contributed by atoms with Gasteiger partial charge in [0.1, 0.15) is 0 Å². The number of carbonyl (C=O) groups excluding carboxylic acids is 1. The van der Waals surface area contributed by atoms with Crippen LogP contribution in [0.3, 0.4) is 0 Å². The average molecular weight is 345 g/mol. The second kappa shape index (κ2) is 8.19. The highest BCUT2D eigenvalue weighted by molar-refractivity contribution is 5.74. The zero-order valence-corrected chi connectivity index (χ0v) is 15.4. The first-order chi connectivity index (χ1) is 12.1. The van der Waals surface area contributed by atoms with Crippen LogP contribution in [-0.4, -0.2) is 59.8 Å². The summed E-state index contributed by atoms with van der Waals surface area (Å²) in [7, 11) is 1.76. The van der Waals surface area contributed by atoms with E-state index < -0.39 is 0 Å². The topological polar surface area (TPSA) is 55.8 Å². The van der Waals surface area contributed by atoms with Gasteiger partial charge < -0.3 is 15.3 Å². The second-order valence-corrected chi connectivity index (χ2v) is 7.73. The number of rotatable bonds is 5. The zero-order chi connectivity index (χ0) is 17.8. The summed E-state index contributed by atoms with van der Waals surface area (Å²) in [5.74, 6) is 1.22. The van der Waals surface area contributed by atoms with Crippen molar-refractivity contribution in [1.82, 2.24) is 15.1 Å². The quantitative estimate of drug-likeness (QED) is 0.861. The molecule has 0 unspecified atom stereocenters. The minimum absolute atomic E-state index is 0.00844. The van der Waals surface area contributed by atoms with Crippen LogP contribution < -0.4 is 5.32 Å². The van der Waals surface area contributed by atoms with Crippen molar-refractivity contribution in [2.45, 2.75) is 44.8 Å². The number of likely N-dealkylation sites (tertiary alicyclic amines) is 1. The van der Waals surface area contributed by atoms with Gasteiger partial charge in [-0.3, -0.25) is 4.90 Å². The highest BCUT2D eigenvalue weighted by atomic mass is 16.3. The van der Waals surface area contributed by atoms with Crippen molar-refractivity contribution in [3.63, 3.8) is 0 Å². The van der Waals surface area contributed by atoms with E-state index in [2.05, 4.69) is 40.5 Å². The number of hydrogen-bond donors (Lipinski definition) is 2. The van der Waals surface area contributed by atoms with Gasteiger partial charge in [-0.15, -0.1) is 0 Å². The van der Waals surface area contributed by atoms with Crippen molar-refractivity contribution in [2.75, 3.05) is 26.7 Å². The first-order valence-corrected chi connectivity index (χ1v) is 9.49. The number of nitrogens with one attached hydrogen (secondary N) is 1. The van der Waals surface area contributed by atoms with Crippen molar-refractivity contribution in [3.8, 4) is 0 Å². The van der Waals surface area contributed by atoms with Crippen molar-refractivity contribution in [1.29, 1.82) is 0 Å². The van der Waals surface area contributed by atoms with Crippen LogP contribution in [0.4, 0.5) is 4.79 Å². The van der Waals surface area contributed by atoms with E-state index in [0.717, 1.165) is 26.1 Å². The van der Waals surface area contributed by atoms with E-state index in [1.54, 1.807) is 11.9 Å². The van der Waals surface area contributed by atoms with Gasteiger partial charge in [0.05, 0.1) is 12.6 Å². The summed E-state index contributed by atoms with van der Waals surface area (Å²) >= 11 is 0. The number of likely N-dealkylation sites (N-methyl/N-ethyl adjacent to an activating group) is 1. The molecule has 138 valence electrons. The predicted octanol–water partition coefficient (Wildman–Crippen LogP) is 2.31. The SMILES string of the molecule is C[C@H](CO)N(C)C(=O)N[C@@H]1CCC[C@@H]2CN(Cc3ccccc3)C[C@H]21. The molecule has 4 atom stereocenters. The number of amides is 2. The zero-order valence-electron chi connectivity index (χ0n) is 15.4. The van der Waals surface area contributed by atoms with E-state index in [9.17, 15) is 9.90 Å². The number of aliphatic hydroxyl groups excluding tert-OH is 1. The molecule has 2 amide bonds. The molecule has 1 heterocycles. The molecule has 1 aliphatic carbocycles. The van der Waals surface area contributed by atoms with Crippen LogP contribution in [0, 0.1) is 11.8 Å². The maximum absolute atomic E-state index is 12.5. The lowest BCUT2D eigenvalue weighted by molar-refractivity contribution is 0.144. The smallest absolute Gasteiger partial charge is 0.317 e. The Kier molecular flexibility index (Phi) is 5.97. The molecule has 25 heavy (non-hydrogen) atoms. The van der Waals surface area contributed by atoms with Crippen LogP contribution in [0.15, 0.2) is 30.3 Å². The van der Waals surface area contributed by atoms with Crippen LogP contribution in [0.25, 0.3) is 0 Å². The highest BCUT2D eigenvalue weighted by Crippen LogP contribution is 2.37. The molecule has 2 N–H and O–H groups in total. The Morgan fingerprint density at radius 1 is 1.32 bits per heavy atom. The number of urea groups is 1. The molecule has 2 fully saturated rings. The monoisotopic (exact) mass is 345 g/mol. The Balaban J connectivity index is 1.59. The minimum Gasteiger partial charge on any atom is -0.394 e. The molecule has 0 spiro atoms.